The van der Waals surface area contributed by atoms with E-state index in [0.29, 0.717) is 39.7 Å². The Balaban J connectivity index is 1.14. The summed E-state index contributed by atoms with van der Waals surface area (Å²) >= 11 is 13.2. The van der Waals surface area contributed by atoms with E-state index in [4.69, 9.17) is 27.9 Å². The van der Waals surface area contributed by atoms with Crippen LogP contribution in [-0.4, -0.2) is 41.3 Å². The second kappa shape index (κ2) is 15.4. The number of nitrogens with zero attached hydrogens (tertiary/aromatic N) is 3. The third kappa shape index (κ3) is 8.52. The number of ether oxygens (including phenoxy) is 1. The van der Waals surface area contributed by atoms with Crippen molar-refractivity contribution < 1.29 is 19.1 Å². The van der Waals surface area contributed by atoms with Crippen LogP contribution >= 0.6 is 23.2 Å². The molecule has 3 amide bonds. The third-order valence-electron chi connectivity index (χ3n) is 7.29. The molecule has 3 aromatic carbocycles. The summed E-state index contributed by atoms with van der Waals surface area (Å²) in [6, 6.07) is 23.3. The standard InChI is InChI=1S/C36H31Cl2N5O4/c1-23-8-12-26-6-3-7-31(35(26)42-23)47-22-28-29(37)15-16-30(34(28)38)43(2)33(45)21-40-32(44)17-11-24-9-13-27(14-10-24)36(46)41-20-25-5-4-18-39-19-25/h3-19H,20-22H2,1-2H3,(H,40,44)(H,41,46)/b17-11+. The molecular weight excluding hydrogens is 637 g/mol. The molecule has 5 aromatic rings. The Morgan fingerprint density at radius 2 is 1.74 bits per heavy atom. The fourth-order valence-electron chi connectivity index (χ4n) is 4.64. The molecule has 47 heavy (non-hydrogen) atoms. The number of benzene rings is 3. The average Bonchev–Trinajstić information content (AvgIpc) is 3.09. The Hall–Kier alpha value is -5.25. The van der Waals surface area contributed by atoms with Crippen LogP contribution in [0.25, 0.3) is 17.0 Å². The Bertz CT molecular complexity index is 1950. The lowest BCUT2D eigenvalue weighted by molar-refractivity contribution is -0.122. The van der Waals surface area contributed by atoms with Gasteiger partial charge in [0.1, 0.15) is 17.9 Å². The quantitative estimate of drug-likeness (QED) is 0.155. The van der Waals surface area contributed by atoms with Crippen molar-refractivity contribution >= 4 is 63.6 Å². The maximum Gasteiger partial charge on any atom is 0.251 e. The lowest BCUT2D eigenvalue weighted by Gasteiger charge is -2.21. The molecular formula is C36H31Cl2N5O4. The number of rotatable bonds is 11. The molecule has 0 aliphatic heterocycles. The van der Waals surface area contributed by atoms with Gasteiger partial charge >= 0.3 is 0 Å². The first-order valence-corrected chi connectivity index (χ1v) is 15.4. The highest BCUT2D eigenvalue weighted by molar-refractivity contribution is 6.38. The van der Waals surface area contributed by atoms with E-state index in [2.05, 4.69) is 20.6 Å². The second-order valence-electron chi connectivity index (χ2n) is 10.6. The third-order valence-corrected chi connectivity index (χ3v) is 8.06. The van der Waals surface area contributed by atoms with Gasteiger partial charge in [-0.1, -0.05) is 59.6 Å². The van der Waals surface area contributed by atoms with E-state index in [1.54, 1.807) is 61.9 Å². The van der Waals surface area contributed by atoms with Crippen molar-refractivity contribution in [2.24, 2.45) is 0 Å². The Morgan fingerprint density at radius 3 is 2.51 bits per heavy atom. The fraction of sp³-hybridized carbons (Fsp3) is 0.139. The van der Waals surface area contributed by atoms with Crippen LogP contribution in [-0.2, 0) is 22.7 Å². The summed E-state index contributed by atoms with van der Waals surface area (Å²) in [6.07, 6.45) is 6.28. The molecule has 5 rings (SSSR count). The maximum absolute atomic E-state index is 13.0. The fourth-order valence-corrected chi connectivity index (χ4v) is 5.25. The number of carbonyl (C=O) groups is 3. The summed E-state index contributed by atoms with van der Waals surface area (Å²) in [5, 5.41) is 7.03. The van der Waals surface area contributed by atoms with Crippen LogP contribution in [0.1, 0.15) is 32.7 Å². The highest BCUT2D eigenvalue weighted by atomic mass is 35.5. The minimum absolute atomic E-state index is 0.0564. The van der Waals surface area contributed by atoms with Crippen molar-refractivity contribution in [1.82, 2.24) is 20.6 Å². The molecule has 0 aliphatic carbocycles. The zero-order chi connectivity index (χ0) is 33.3. The lowest BCUT2D eigenvalue weighted by Crippen LogP contribution is -2.37. The van der Waals surface area contributed by atoms with E-state index in [1.807, 2.05) is 49.4 Å². The first-order chi connectivity index (χ1) is 22.7. The molecule has 0 atom stereocenters. The lowest BCUT2D eigenvalue weighted by atomic mass is 10.1. The number of pyridine rings is 2. The van der Waals surface area contributed by atoms with E-state index in [-0.39, 0.29) is 24.1 Å². The van der Waals surface area contributed by atoms with Crippen LogP contribution in [0.3, 0.4) is 0 Å². The largest absolute Gasteiger partial charge is 0.487 e. The van der Waals surface area contributed by atoms with Gasteiger partial charge in [-0.25, -0.2) is 4.98 Å². The number of amides is 3. The molecule has 0 radical (unpaired) electrons. The Morgan fingerprint density at radius 1 is 0.936 bits per heavy atom. The molecule has 0 saturated carbocycles. The zero-order valence-corrected chi connectivity index (χ0v) is 27.2. The monoisotopic (exact) mass is 667 g/mol. The van der Waals surface area contributed by atoms with Crippen molar-refractivity contribution in [3.8, 4) is 5.75 Å². The average molecular weight is 669 g/mol. The van der Waals surface area contributed by atoms with E-state index in [0.717, 1.165) is 22.2 Å². The van der Waals surface area contributed by atoms with E-state index in [1.165, 1.54) is 11.0 Å². The number of halogens is 2. The van der Waals surface area contributed by atoms with Crippen LogP contribution in [0.15, 0.2) is 97.3 Å². The first-order valence-electron chi connectivity index (χ1n) is 14.7. The minimum atomic E-state index is -0.458. The Labute approximate surface area is 282 Å². The maximum atomic E-state index is 13.0. The van der Waals surface area contributed by atoms with Gasteiger partial charge in [0.15, 0.2) is 0 Å². The van der Waals surface area contributed by atoms with Gasteiger partial charge < -0.3 is 20.3 Å². The van der Waals surface area contributed by atoms with Gasteiger partial charge in [-0.2, -0.15) is 0 Å². The van der Waals surface area contributed by atoms with Crippen LogP contribution in [0.4, 0.5) is 5.69 Å². The van der Waals surface area contributed by atoms with Gasteiger partial charge in [0.05, 0.1) is 17.3 Å². The highest BCUT2D eigenvalue weighted by Crippen LogP contribution is 2.35. The van der Waals surface area contributed by atoms with Crippen molar-refractivity contribution in [1.29, 1.82) is 0 Å². The number of para-hydroxylation sites is 1. The van der Waals surface area contributed by atoms with Gasteiger partial charge in [-0.15, -0.1) is 0 Å². The SMILES string of the molecule is Cc1ccc2cccc(OCc3c(Cl)ccc(N(C)C(=O)CNC(=O)/C=C/c4ccc(C(=O)NCc5cccnc5)cc4)c3Cl)c2n1. The van der Waals surface area contributed by atoms with Crippen LogP contribution < -0.4 is 20.3 Å². The predicted octanol–water partition coefficient (Wildman–Crippen LogP) is 6.55. The highest BCUT2D eigenvalue weighted by Gasteiger charge is 2.19. The minimum Gasteiger partial charge on any atom is -0.487 e. The number of aromatic nitrogens is 2. The van der Waals surface area contributed by atoms with E-state index < -0.39 is 11.8 Å². The molecule has 0 spiro atoms. The van der Waals surface area contributed by atoms with Crippen molar-refractivity contribution in [3.05, 3.63) is 135 Å². The first kappa shape index (κ1) is 33.1. The molecule has 2 N–H and O–H groups in total. The number of hydrogen-bond donors (Lipinski definition) is 2. The molecule has 238 valence electrons. The number of anilines is 1. The number of carbonyl (C=O) groups excluding carboxylic acids is 3. The summed E-state index contributed by atoms with van der Waals surface area (Å²) < 4.78 is 6.08. The molecule has 2 aromatic heterocycles. The summed E-state index contributed by atoms with van der Waals surface area (Å²) in [5.41, 5.74) is 4.62. The van der Waals surface area contributed by atoms with Crippen LogP contribution in [0, 0.1) is 6.92 Å². The second-order valence-corrected chi connectivity index (χ2v) is 11.4. The molecule has 0 bridgehead atoms. The van der Waals surface area contributed by atoms with Crippen LogP contribution in [0.2, 0.25) is 10.0 Å². The molecule has 0 saturated heterocycles. The van der Waals surface area contributed by atoms with Crippen molar-refractivity contribution in [2.45, 2.75) is 20.1 Å². The van der Waals surface area contributed by atoms with Crippen molar-refractivity contribution in [3.63, 3.8) is 0 Å². The molecule has 11 heteroatoms. The van der Waals surface area contributed by atoms with Gasteiger partial charge in [0.2, 0.25) is 11.8 Å². The van der Waals surface area contributed by atoms with E-state index in [9.17, 15) is 14.4 Å². The number of likely N-dealkylation sites (N-methyl/N-ethyl adjacent to an activating group) is 1. The summed E-state index contributed by atoms with van der Waals surface area (Å²) in [4.78, 5) is 47.9. The predicted molar refractivity (Wildman–Crippen MR) is 185 cm³/mol. The normalized spacial score (nSPS) is 11.0. The Kier molecular flexibility index (Phi) is 10.8. The molecule has 9 nitrogen and oxygen atoms in total. The summed E-state index contributed by atoms with van der Waals surface area (Å²) in [6.45, 7) is 2.07. The van der Waals surface area contributed by atoms with Crippen molar-refractivity contribution in [2.75, 3.05) is 18.5 Å². The topological polar surface area (TPSA) is 114 Å². The van der Waals surface area contributed by atoms with Gasteiger partial charge in [0.25, 0.3) is 5.91 Å². The summed E-state index contributed by atoms with van der Waals surface area (Å²) in [7, 11) is 1.57. The number of nitrogens with one attached hydrogen (secondary N) is 2. The number of fused-ring (bicyclic) bond motifs is 1. The number of aryl methyl sites for hydroxylation is 1. The number of hydrogen-bond acceptors (Lipinski definition) is 6. The van der Waals surface area contributed by atoms with Gasteiger partial charge in [-0.05, 0) is 66.6 Å². The van der Waals surface area contributed by atoms with Crippen LogP contribution in [0.5, 0.6) is 5.75 Å². The van der Waals surface area contributed by atoms with Gasteiger partial charge in [-0.3, -0.25) is 19.4 Å². The zero-order valence-electron chi connectivity index (χ0n) is 25.7. The molecule has 0 aliphatic rings. The summed E-state index contributed by atoms with van der Waals surface area (Å²) in [5.74, 6) is -0.483. The smallest absolute Gasteiger partial charge is 0.251 e. The molecule has 2 heterocycles. The van der Waals surface area contributed by atoms with E-state index >= 15 is 0 Å². The molecule has 0 unspecified atom stereocenters. The molecule has 0 fully saturated rings. The van der Waals surface area contributed by atoms with Gasteiger partial charge in [0, 0.05) is 59.3 Å².